The lowest BCUT2D eigenvalue weighted by Gasteiger charge is -2.12. The summed E-state index contributed by atoms with van der Waals surface area (Å²) in [4.78, 5) is 10.8. The molecule has 0 aliphatic rings. The average Bonchev–Trinajstić information content (AvgIpc) is 2.27. The summed E-state index contributed by atoms with van der Waals surface area (Å²) in [6.07, 6.45) is 0. The summed E-state index contributed by atoms with van der Waals surface area (Å²) < 4.78 is 0. The van der Waals surface area contributed by atoms with Crippen LogP contribution in [-0.2, 0) is 0 Å². The topological polar surface area (TPSA) is 80.9 Å². The van der Waals surface area contributed by atoms with Gasteiger partial charge < -0.3 is 11.1 Å². The summed E-state index contributed by atoms with van der Waals surface area (Å²) >= 11 is 1.86. The molecule has 5 nitrogen and oxygen atoms in total. The third-order valence-corrected chi connectivity index (χ3v) is 3.03. The monoisotopic (exact) mass is 240 g/mol. The Labute approximate surface area is 99.2 Å². The first kappa shape index (κ1) is 12.8. The standard InChI is InChI=1S/C10H16N4OS/c1-3-16-6-7(2)12-9-5-4-8(10(11)15)13-14-9/h4-5,7H,3,6H2,1-2H3,(H2,11,15)(H,12,14). The Morgan fingerprint density at radius 2 is 2.31 bits per heavy atom. The zero-order valence-electron chi connectivity index (χ0n) is 9.43. The van der Waals surface area contributed by atoms with Gasteiger partial charge in [0.15, 0.2) is 5.69 Å². The smallest absolute Gasteiger partial charge is 0.269 e. The molecule has 0 aliphatic heterocycles. The number of nitrogens with two attached hydrogens (primary N) is 1. The van der Waals surface area contributed by atoms with E-state index in [1.165, 1.54) is 0 Å². The Morgan fingerprint density at radius 3 is 2.81 bits per heavy atom. The number of thioether (sulfide) groups is 1. The molecule has 0 spiro atoms. The highest BCUT2D eigenvalue weighted by Crippen LogP contribution is 2.08. The third-order valence-electron chi connectivity index (χ3n) is 1.88. The number of nitrogens with one attached hydrogen (secondary N) is 1. The quantitative estimate of drug-likeness (QED) is 0.779. The van der Waals surface area contributed by atoms with Gasteiger partial charge in [0.1, 0.15) is 5.82 Å². The lowest BCUT2D eigenvalue weighted by atomic mass is 10.3. The molecule has 88 valence electrons. The van der Waals surface area contributed by atoms with Crippen molar-refractivity contribution in [2.45, 2.75) is 19.9 Å². The van der Waals surface area contributed by atoms with Crippen molar-refractivity contribution >= 4 is 23.5 Å². The van der Waals surface area contributed by atoms with Crippen LogP contribution in [0.1, 0.15) is 24.3 Å². The van der Waals surface area contributed by atoms with Crippen LogP contribution in [0.25, 0.3) is 0 Å². The molecule has 0 radical (unpaired) electrons. The lowest BCUT2D eigenvalue weighted by Crippen LogP contribution is -2.20. The van der Waals surface area contributed by atoms with Crippen LogP contribution in [0.15, 0.2) is 12.1 Å². The third kappa shape index (κ3) is 4.06. The highest BCUT2D eigenvalue weighted by atomic mass is 32.2. The molecule has 1 heterocycles. The Morgan fingerprint density at radius 1 is 1.56 bits per heavy atom. The molecule has 1 aromatic heterocycles. The molecule has 0 bridgehead atoms. The minimum Gasteiger partial charge on any atom is -0.365 e. The summed E-state index contributed by atoms with van der Waals surface area (Å²) in [5.41, 5.74) is 5.25. The summed E-state index contributed by atoms with van der Waals surface area (Å²) in [6.45, 7) is 4.20. The Bertz CT molecular complexity index is 341. The molecular formula is C10H16N4OS. The van der Waals surface area contributed by atoms with E-state index in [1.54, 1.807) is 12.1 Å². The summed E-state index contributed by atoms with van der Waals surface area (Å²) in [6, 6.07) is 3.59. The van der Waals surface area contributed by atoms with Crippen molar-refractivity contribution in [3.63, 3.8) is 0 Å². The molecule has 0 aliphatic carbocycles. The number of anilines is 1. The minimum absolute atomic E-state index is 0.182. The van der Waals surface area contributed by atoms with Crippen LogP contribution in [0.4, 0.5) is 5.82 Å². The maximum absolute atomic E-state index is 10.8. The van der Waals surface area contributed by atoms with Gasteiger partial charge in [-0.05, 0) is 24.8 Å². The molecule has 1 amide bonds. The maximum atomic E-state index is 10.8. The molecule has 6 heteroatoms. The number of primary amides is 1. The van der Waals surface area contributed by atoms with Gasteiger partial charge in [-0.25, -0.2) is 0 Å². The second-order valence-electron chi connectivity index (χ2n) is 3.37. The van der Waals surface area contributed by atoms with E-state index in [2.05, 4.69) is 29.4 Å². The predicted octanol–water partition coefficient (Wildman–Crippen LogP) is 1.13. The summed E-state index contributed by atoms with van der Waals surface area (Å²) in [5, 5.41) is 10.8. The van der Waals surface area contributed by atoms with Crippen molar-refractivity contribution in [3.8, 4) is 0 Å². The molecule has 1 rings (SSSR count). The first-order chi connectivity index (χ1) is 7.63. The van der Waals surface area contributed by atoms with Gasteiger partial charge in [-0.1, -0.05) is 6.92 Å². The van der Waals surface area contributed by atoms with Gasteiger partial charge >= 0.3 is 0 Å². The van der Waals surface area contributed by atoms with Gasteiger partial charge in [0.25, 0.3) is 5.91 Å². The summed E-state index contributed by atoms with van der Waals surface area (Å²) in [5.74, 6) is 2.21. The van der Waals surface area contributed by atoms with Gasteiger partial charge in [-0.2, -0.15) is 11.8 Å². The van der Waals surface area contributed by atoms with Crippen LogP contribution < -0.4 is 11.1 Å². The van der Waals surface area contributed by atoms with Crippen LogP contribution in [0, 0.1) is 0 Å². The van der Waals surface area contributed by atoms with Crippen molar-refractivity contribution in [2.75, 3.05) is 16.8 Å². The SMILES string of the molecule is CCSCC(C)Nc1ccc(C(N)=O)nn1. The van der Waals surface area contributed by atoms with Crippen LogP contribution in [0.2, 0.25) is 0 Å². The first-order valence-corrected chi connectivity index (χ1v) is 6.26. The number of carbonyl (C=O) groups is 1. The fourth-order valence-electron chi connectivity index (χ4n) is 1.13. The van der Waals surface area contributed by atoms with E-state index in [1.807, 2.05) is 11.8 Å². The molecular weight excluding hydrogens is 224 g/mol. The van der Waals surface area contributed by atoms with E-state index in [4.69, 9.17) is 5.73 Å². The molecule has 0 saturated carbocycles. The minimum atomic E-state index is -0.561. The number of hydrogen-bond acceptors (Lipinski definition) is 5. The Hall–Kier alpha value is -1.30. The number of nitrogens with zero attached hydrogens (tertiary/aromatic N) is 2. The van der Waals surface area contributed by atoms with Crippen LogP contribution in [-0.4, -0.2) is 33.7 Å². The van der Waals surface area contributed by atoms with Gasteiger partial charge in [-0.15, -0.1) is 10.2 Å². The van der Waals surface area contributed by atoms with Crippen LogP contribution in [0.5, 0.6) is 0 Å². The summed E-state index contributed by atoms with van der Waals surface area (Å²) in [7, 11) is 0. The molecule has 1 atom stereocenters. The van der Waals surface area contributed by atoms with E-state index in [9.17, 15) is 4.79 Å². The first-order valence-electron chi connectivity index (χ1n) is 5.11. The fraction of sp³-hybridized carbons (Fsp3) is 0.500. The van der Waals surface area contributed by atoms with Gasteiger partial charge in [0.05, 0.1) is 0 Å². The Balaban J connectivity index is 2.51. The fourth-order valence-corrected chi connectivity index (χ4v) is 1.80. The molecule has 0 fully saturated rings. The zero-order valence-corrected chi connectivity index (χ0v) is 10.3. The number of hydrogen-bond donors (Lipinski definition) is 2. The van der Waals surface area contributed by atoms with E-state index in [0.29, 0.717) is 11.9 Å². The zero-order chi connectivity index (χ0) is 12.0. The van der Waals surface area contributed by atoms with Crippen molar-refractivity contribution in [3.05, 3.63) is 17.8 Å². The second-order valence-corrected chi connectivity index (χ2v) is 4.69. The van der Waals surface area contributed by atoms with E-state index < -0.39 is 5.91 Å². The van der Waals surface area contributed by atoms with E-state index in [-0.39, 0.29) is 5.69 Å². The average molecular weight is 240 g/mol. The molecule has 16 heavy (non-hydrogen) atoms. The van der Waals surface area contributed by atoms with E-state index >= 15 is 0 Å². The van der Waals surface area contributed by atoms with Crippen molar-refractivity contribution in [1.82, 2.24) is 10.2 Å². The largest absolute Gasteiger partial charge is 0.365 e. The normalized spacial score (nSPS) is 12.1. The van der Waals surface area contributed by atoms with Gasteiger partial charge in [-0.3, -0.25) is 4.79 Å². The van der Waals surface area contributed by atoms with Crippen molar-refractivity contribution in [2.24, 2.45) is 5.73 Å². The highest BCUT2D eigenvalue weighted by molar-refractivity contribution is 7.99. The number of carbonyl (C=O) groups excluding carboxylic acids is 1. The highest BCUT2D eigenvalue weighted by Gasteiger charge is 2.05. The lowest BCUT2D eigenvalue weighted by molar-refractivity contribution is 0.0994. The molecule has 1 aromatic rings. The van der Waals surface area contributed by atoms with Crippen molar-refractivity contribution < 1.29 is 4.79 Å². The van der Waals surface area contributed by atoms with Gasteiger partial charge in [0, 0.05) is 11.8 Å². The molecule has 0 aromatic carbocycles. The maximum Gasteiger partial charge on any atom is 0.269 e. The van der Waals surface area contributed by atoms with Crippen LogP contribution in [0.3, 0.4) is 0 Å². The predicted molar refractivity (Wildman–Crippen MR) is 66.6 cm³/mol. The van der Waals surface area contributed by atoms with Gasteiger partial charge in [0.2, 0.25) is 0 Å². The van der Waals surface area contributed by atoms with E-state index in [0.717, 1.165) is 11.5 Å². The molecule has 3 N–H and O–H groups in total. The second kappa shape index (κ2) is 6.32. The van der Waals surface area contributed by atoms with Crippen molar-refractivity contribution in [1.29, 1.82) is 0 Å². The number of aromatic nitrogens is 2. The molecule has 0 saturated heterocycles. The molecule has 1 unspecified atom stereocenters. The van der Waals surface area contributed by atoms with Crippen LogP contribution >= 0.6 is 11.8 Å². The Kier molecular flexibility index (Phi) is 5.04. The number of amides is 1. The number of rotatable bonds is 6.